The fraction of sp³-hybridized carbons (Fsp3) is 0.455. The maximum atomic E-state index is 8.70. The zero-order chi connectivity index (χ0) is 10.6. The second kappa shape index (κ2) is 5.35. The van der Waals surface area contributed by atoms with Crippen molar-refractivity contribution in [2.24, 2.45) is 0 Å². The summed E-state index contributed by atoms with van der Waals surface area (Å²) in [6, 6.07) is 8.08. The molecule has 0 saturated carbocycles. The van der Waals surface area contributed by atoms with Gasteiger partial charge in [0.15, 0.2) is 0 Å². The molecule has 0 aliphatic heterocycles. The van der Waals surface area contributed by atoms with E-state index in [4.69, 9.17) is 21.4 Å². The van der Waals surface area contributed by atoms with Crippen LogP contribution in [0.3, 0.4) is 0 Å². The van der Waals surface area contributed by atoms with Crippen LogP contribution in [0.2, 0.25) is 0 Å². The average Bonchev–Trinajstić information content (AvgIpc) is 2.15. The molecule has 0 amide bonds. The molecule has 0 spiro atoms. The molecule has 0 radical (unpaired) electrons. The lowest BCUT2D eigenvalue weighted by Crippen LogP contribution is -2.02. The van der Waals surface area contributed by atoms with E-state index >= 15 is 0 Å². The van der Waals surface area contributed by atoms with Crippen LogP contribution in [0.4, 0.5) is 0 Å². The molecule has 1 aromatic rings. The fourth-order valence-electron chi connectivity index (χ4n) is 1.16. The summed E-state index contributed by atoms with van der Waals surface area (Å²) in [7, 11) is 0. The van der Waals surface area contributed by atoms with E-state index in [2.05, 4.69) is 26.0 Å². The minimum atomic E-state index is -1.22. The lowest BCUT2D eigenvalue weighted by atomic mass is 10.0. The first-order valence-corrected chi connectivity index (χ1v) is 5.06. The summed E-state index contributed by atoms with van der Waals surface area (Å²) in [5.74, 6) is -0.691. The highest BCUT2D eigenvalue weighted by atomic mass is 35.5. The third-order valence-corrected chi connectivity index (χ3v) is 2.16. The summed E-state index contributed by atoms with van der Waals surface area (Å²) in [6.45, 7) is 4.63. The lowest BCUT2D eigenvalue weighted by molar-refractivity contribution is -0.0479. The van der Waals surface area contributed by atoms with Gasteiger partial charge in [-0.15, -0.1) is 0 Å². The molecule has 2 nitrogen and oxygen atoms in total. The molecular formula is C11H15ClO2. The van der Waals surface area contributed by atoms with E-state index in [9.17, 15) is 0 Å². The standard InChI is InChI=1S/C11H15ClO2/c1-8(2)10-5-3-9(4-6-10)7-14-11(12)13/h3-6,8,11,13H,7H2,1-2H3. The largest absolute Gasteiger partial charge is 0.356 e. The van der Waals surface area contributed by atoms with Gasteiger partial charge in [0.2, 0.25) is 5.75 Å². The number of alkyl halides is 1. The van der Waals surface area contributed by atoms with E-state index in [1.165, 1.54) is 5.56 Å². The van der Waals surface area contributed by atoms with Gasteiger partial charge in [-0.3, -0.25) is 0 Å². The van der Waals surface area contributed by atoms with Crippen LogP contribution in [0.15, 0.2) is 24.3 Å². The highest BCUT2D eigenvalue weighted by Gasteiger charge is 2.01. The molecular weight excluding hydrogens is 200 g/mol. The Balaban J connectivity index is 2.55. The van der Waals surface area contributed by atoms with Gasteiger partial charge in [0.1, 0.15) is 0 Å². The number of ether oxygens (including phenoxy) is 1. The Morgan fingerprint density at radius 3 is 2.29 bits per heavy atom. The maximum Gasteiger partial charge on any atom is 0.234 e. The highest BCUT2D eigenvalue weighted by Crippen LogP contribution is 2.15. The Bertz CT molecular complexity index is 267. The Morgan fingerprint density at radius 1 is 1.29 bits per heavy atom. The molecule has 0 heterocycles. The molecule has 1 N–H and O–H groups in total. The highest BCUT2D eigenvalue weighted by molar-refractivity contribution is 6.18. The molecule has 0 fully saturated rings. The molecule has 1 atom stereocenters. The first kappa shape index (κ1) is 11.5. The van der Waals surface area contributed by atoms with Crippen molar-refractivity contribution in [1.82, 2.24) is 0 Å². The quantitative estimate of drug-likeness (QED) is 0.617. The predicted molar refractivity (Wildman–Crippen MR) is 57.2 cm³/mol. The van der Waals surface area contributed by atoms with Crippen LogP contribution in [-0.2, 0) is 11.3 Å². The average molecular weight is 215 g/mol. The van der Waals surface area contributed by atoms with Crippen LogP contribution in [0.5, 0.6) is 0 Å². The van der Waals surface area contributed by atoms with Crippen molar-refractivity contribution in [3.05, 3.63) is 35.4 Å². The monoisotopic (exact) mass is 214 g/mol. The molecule has 1 aromatic carbocycles. The number of benzene rings is 1. The fourth-order valence-corrected chi connectivity index (χ4v) is 1.23. The van der Waals surface area contributed by atoms with Crippen LogP contribution in [0.25, 0.3) is 0 Å². The minimum Gasteiger partial charge on any atom is -0.356 e. The number of aliphatic hydroxyl groups is 1. The van der Waals surface area contributed by atoms with Gasteiger partial charge in [0.05, 0.1) is 6.61 Å². The summed E-state index contributed by atoms with van der Waals surface area (Å²) >= 11 is 5.24. The summed E-state index contributed by atoms with van der Waals surface area (Å²) in [4.78, 5) is 0. The van der Waals surface area contributed by atoms with E-state index < -0.39 is 5.75 Å². The molecule has 0 aliphatic rings. The van der Waals surface area contributed by atoms with Gasteiger partial charge < -0.3 is 9.84 Å². The number of hydrogen-bond donors (Lipinski definition) is 1. The Morgan fingerprint density at radius 2 is 1.86 bits per heavy atom. The summed E-state index contributed by atoms with van der Waals surface area (Å²) in [5, 5.41) is 8.70. The van der Waals surface area contributed by atoms with Gasteiger partial charge in [-0.05, 0) is 17.0 Å². The third kappa shape index (κ3) is 3.66. The van der Waals surface area contributed by atoms with E-state index in [1.54, 1.807) is 0 Å². The molecule has 14 heavy (non-hydrogen) atoms. The molecule has 1 unspecified atom stereocenters. The van der Waals surface area contributed by atoms with Gasteiger partial charge in [0.25, 0.3) is 0 Å². The van der Waals surface area contributed by atoms with E-state index in [0.717, 1.165) is 5.56 Å². The molecule has 0 aliphatic carbocycles. The van der Waals surface area contributed by atoms with Crippen LogP contribution in [0, 0.1) is 0 Å². The summed E-state index contributed by atoms with van der Waals surface area (Å²) in [6.07, 6.45) is 0. The van der Waals surface area contributed by atoms with Gasteiger partial charge >= 0.3 is 0 Å². The second-order valence-electron chi connectivity index (χ2n) is 3.50. The van der Waals surface area contributed by atoms with Crippen molar-refractivity contribution >= 4 is 11.6 Å². The van der Waals surface area contributed by atoms with Crippen LogP contribution >= 0.6 is 11.6 Å². The molecule has 0 aromatic heterocycles. The maximum absolute atomic E-state index is 8.70. The first-order valence-electron chi connectivity index (χ1n) is 4.62. The Labute approximate surface area is 89.5 Å². The number of halogens is 1. The molecule has 0 bridgehead atoms. The molecule has 78 valence electrons. The molecule has 1 rings (SSSR count). The van der Waals surface area contributed by atoms with Crippen molar-refractivity contribution in [3.63, 3.8) is 0 Å². The SMILES string of the molecule is CC(C)c1ccc(COC(O)Cl)cc1. The van der Waals surface area contributed by atoms with Crippen LogP contribution in [0.1, 0.15) is 30.9 Å². The Kier molecular flexibility index (Phi) is 4.39. The second-order valence-corrected chi connectivity index (χ2v) is 3.87. The van der Waals surface area contributed by atoms with E-state index in [-0.39, 0.29) is 0 Å². The van der Waals surface area contributed by atoms with Gasteiger partial charge in [-0.2, -0.15) is 0 Å². The predicted octanol–water partition coefficient (Wildman–Crippen LogP) is 2.84. The van der Waals surface area contributed by atoms with Gasteiger partial charge in [-0.25, -0.2) is 0 Å². The summed E-state index contributed by atoms with van der Waals surface area (Å²) < 4.78 is 4.85. The van der Waals surface area contributed by atoms with Gasteiger partial charge in [-0.1, -0.05) is 49.7 Å². The van der Waals surface area contributed by atoms with Crippen molar-refractivity contribution in [2.45, 2.75) is 32.1 Å². The molecule has 3 heteroatoms. The smallest absolute Gasteiger partial charge is 0.234 e. The zero-order valence-corrected chi connectivity index (χ0v) is 9.16. The van der Waals surface area contributed by atoms with Crippen molar-refractivity contribution < 1.29 is 9.84 Å². The van der Waals surface area contributed by atoms with Gasteiger partial charge in [0, 0.05) is 0 Å². The number of hydrogen-bond acceptors (Lipinski definition) is 2. The topological polar surface area (TPSA) is 29.5 Å². The third-order valence-electron chi connectivity index (χ3n) is 2.03. The van der Waals surface area contributed by atoms with Crippen molar-refractivity contribution in [1.29, 1.82) is 0 Å². The number of rotatable bonds is 4. The lowest BCUT2D eigenvalue weighted by Gasteiger charge is -2.08. The zero-order valence-electron chi connectivity index (χ0n) is 8.40. The molecule has 0 saturated heterocycles. The van der Waals surface area contributed by atoms with E-state index in [1.807, 2.05) is 12.1 Å². The summed E-state index contributed by atoms with van der Waals surface area (Å²) in [5.41, 5.74) is 2.30. The normalized spacial score (nSPS) is 13.2. The Hall–Kier alpha value is -0.570. The first-order chi connectivity index (χ1) is 6.59. The van der Waals surface area contributed by atoms with E-state index in [0.29, 0.717) is 12.5 Å². The van der Waals surface area contributed by atoms with Crippen LogP contribution < -0.4 is 0 Å². The number of aliphatic hydroxyl groups excluding tert-OH is 1. The van der Waals surface area contributed by atoms with Crippen molar-refractivity contribution in [3.8, 4) is 0 Å². The van der Waals surface area contributed by atoms with Crippen molar-refractivity contribution in [2.75, 3.05) is 0 Å². The minimum absolute atomic E-state index is 0.336. The van der Waals surface area contributed by atoms with Crippen LogP contribution in [-0.4, -0.2) is 10.9 Å².